The molecule has 0 unspecified atom stereocenters. The highest BCUT2D eigenvalue weighted by Gasteiger charge is 2.33. The van der Waals surface area contributed by atoms with Gasteiger partial charge in [0.15, 0.2) is 0 Å². The number of likely N-dealkylation sites (N-methyl/N-ethyl adjacent to an activating group) is 1. The van der Waals surface area contributed by atoms with E-state index in [0.29, 0.717) is 17.7 Å². The normalized spacial score (nSPS) is 16.6. The largest absolute Gasteiger partial charge is 0.416 e. The maximum absolute atomic E-state index is 13.0. The molecule has 24 heavy (non-hydrogen) atoms. The van der Waals surface area contributed by atoms with E-state index < -0.39 is 11.7 Å². The minimum atomic E-state index is -4.29. The molecule has 0 saturated carbocycles. The number of rotatable bonds is 5. The van der Waals surface area contributed by atoms with Crippen LogP contribution >= 0.6 is 0 Å². The summed E-state index contributed by atoms with van der Waals surface area (Å²) >= 11 is 0. The number of halogens is 3. The van der Waals surface area contributed by atoms with E-state index in [-0.39, 0.29) is 6.54 Å². The number of aryl methyl sites for hydroxylation is 1. The third kappa shape index (κ3) is 6.79. The Morgan fingerprint density at radius 1 is 1.08 bits per heavy atom. The number of alkyl halides is 3. The highest BCUT2D eigenvalue weighted by Crippen LogP contribution is 2.32. The number of hydrogen-bond donors (Lipinski definition) is 1. The molecule has 1 aliphatic heterocycles. The SMILES string of the molecule is CC.Cc1ccc(CNCCN2CCN(C)CC2)c(C(F)(F)F)c1. The van der Waals surface area contributed by atoms with Gasteiger partial charge in [0.1, 0.15) is 0 Å². The molecule has 1 N–H and O–H groups in total. The summed E-state index contributed by atoms with van der Waals surface area (Å²) in [5.41, 5.74) is 0.421. The van der Waals surface area contributed by atoms with Gasteiger partial charge in [0.2, 0.25) is 0 Å². The fourth-order valence-corrected chi connectivity index (χ4v) is 2.64. The van der Waals surface area contributed by atoms with Crippen LogP contribution in [0.5, 0.6) is 0 Å². The standard InChI is InChI=1S/C16H24F3N3.C2H6/c1-13-3-4-14(15(11-13)16(17,18)19)12-20-5-6-22-9-7-21(2)8-10-22;1-2/h3-4,11,20H,5-10,12H2,1-2H3;1-2H3. The topological polar surface area (TPSA) is 18.5 Å². The van der Waals surface area contributed by atoms with Crippen LogP contribution in [0.2, 0.25) is 0 Å². The van der Waals surface area contributed by atoms with Crippen LogP contribution < -0.4 is 5.32 Å². The van der Waals surface area contributed by atoms with Crippen LogP contribution in [-0.2, 0) is 12.7 Å². The van der Waals surface area contributed by atoms with Gasteiger partial charge in [-0.3, -0.25) is 4.90 Å². The summed E-state index contributed by atoms with van der Waals surface area (Å²) in [7, 11) is 2.10. The molecule has 3 nitrogen and oxygen atoms in total. The Morgan fingerprint density at radius 2 is 1.71 bits per heavy atom. The summed E-state index contributed by atoms with van der Waals surface area (Å²) in [5.74, 6) is 0. The molecule has 0 radical (unpaired) electrons. The van der Waals surface area contributed by atoms with Crippen molar-refractivity contribution in [3.05, 3.63) is 34.9 Å². The van der Waals surface area contributed by atoms with Crippen molar-refractivity contribution < 1.29 is 13.2 Å². The highest BCUT2D eigenvalue weighted by atomic mass is 19.4. The molecule has 1 saturated heterocycles. The first-order valence-electron chi connectivity index (χ1n) is 8.64. The Hall–Kier alpha value is -1.11. The molecule has 0 spiro atoms. The van der Waals surface area contributed by atoms with Crippen LogP contribution in [0.1, 0.15) is 30.5 Å². The summed E-state index contributed by atoms with van der Waals surface area (Å²) < 4.78 is 39.1. The van der Waals surface area contributed by atoms with Gasteiger partial charge in [0.05, 0.1) is 5.56 Å². The lowest BCUT2D eigenvalue weighted by molar-refractivity contribution is -0.138. The average Bonchev–Trinajstić information content (AvgIpc) is 2.55. The minimum absolute atomic E-state index is 0.253. The Kier molecular flexibility index (Phi) is 8.73. The van der Waals surface area contributed by atoms with Crippen molar-refractivity contribution in [2.75, 3.05) is 46.3 Å². The molecule has 0 aromatic heterocycles. The van der Waals surface area contributed by atoms with E-state index in [9.17, 15) is 13.2 Å². The third-order valence-corrected chi connectivity index (χ3v) is 4.09. The average molecular weight is 345 g/mol. The van der Waals surface area contributed by atoms with Crippen molar-refractivity contribution in [3.8, 4) is 0 Å². The van der Waals surface area contributed by atoms with Crippen molar-refractivity contribution in [3.63, 3.8) is 0 Å². The molecule has 138 valence electrons. The van der Waals surface area contributed by atoms with Gasteiger partial charge in [-0.15, -0.1) is 0 Å². The predicted octanol–water partition coefficient (Wildman–Crippen LogP) is 3.38. The predicted molar refractivity (Wildman–Crippen MR) is 93.2 cm³/mol. The summed E-state index contributed by atoms with van der Waals surface area (Å²) in [5, 5.41) is 3.14. The first kappa shape index (κ1) is 20.9. The second-order valence-corrected chi connectivity index (χ2v) is 5.98. The van der Waals surface area contributed by atoms with Crippen LogP contribution in [0.3, 0.4) is 0 Å². The van der Waals surface area contributed by atoms with E-state index >= 15 is 0 Å². The molecule has 0 amide bonds. The third-order valence-electron chi connectivity index (χ3n) is 4.09. The summed E-state index contributed by atoms with van der Waals surface area (Å²) in [6, 6.07) is 4.52. The zero-order valence-electron chi connectivity index (χ0n) is 15.2. The molecule has 6 heteroatoms. The van der Waals surface area contributed by atoms with Gasteiger partial charge in [-0.25, -0.2) is 0 Å². The fraction of sp³-hybridized carbons (Fsp3) is 0.667. The number of nitrogens with zero attached hydrogens (tertiary/aromatic N) is 2. The molecule has 2 rings (SSSR count). The lowest BCUT2D eigenvalue weighted by Crippen LogP contribution is -2.46. The van der Waals surface area contributed by atoms with E-state index in [1.807, 2.05) is 13.8 Å². The summed E-state index contributed by atoms with van der Waals surface area (Å²) in [4.78, 5) is 4.62. The first-order valence-corrected chi connectivity index (χ1v) is 8.64. The van der Waals surface area contributed by atoms with Crippen molar-refractivity contribution in [1.29, 1.82) is 0 Å². The Labute approximate surface area is 143 Å². The second-order valence-electron chi connectivity index (χ2n) is 5.98. The van der Waals surface area contributed by atoms with E-state index in [4.69, 9.17) is 0 Å². The molecule has 1 aliphatic rings. The number of hydrogen-bond acceptors (Lipinski definition) is 3. The monoisotopic (exact) mass is 345 g/mol. The zero-order valence-corrected chi connectivity index (χ0v) is 15.2. The Bertz CT molecular complexity index is 481. The lowest BCUT2D eigenvalue weighted by Gasteiger charge is -2.32. The van der Waals surface area contributed by atoms with Gasteiger partial charge in [0, 0.05) is 45.8 Å². The quantitative estimate of drug-likeness (QED) is 0.826. The van der Waals surface area contributed by atoms with Gasteiger partial charge in [-0.05, 0) is 25.6 Å². The van der Waals surface area contributed by atoms with Crippen LogP contribution in [0.15, 0.2) is 18.2 Å². The van der Waals surface area contributed by atoms with Crippen molar-refractivity contribution >= 4 is 0 Å². The minimum Gasteiger partial charge on any atom is -0.311 e. The molecular weight excluding hydrogens is 315 g/mol. The van der Waals surface area contributed by atoms with Crippen molar-refractivity contribution in [1.82, 2.24) is 15.1 Å². The molecule has 1 aromatic carbocycles. The van der Waals surface area contributed by atoms with E-state index in [1.165, 1.54) is 6.07 Å². The molecule has 1 heterocycles. The van der Waals surface area contributed by atoms with Crippen molar-refractivity contribution in [2.45, 2.75) is 33.5 Å². The lowest BCUT2D eigenvalue weighted by atomic mass is 10.0. The zero-order chi connectivity index (χ0) is 18.2. The number of benzene rings is 1. The maximum Gasteiger partial charge on any atom is 0.416 e. The van der Waals surface area contributed by atoms with Crippen LogP contribution in [-0.4, -0.2) is 56.1 Å². The fourth-order valence-electron chi connectivity index (χ4n) is 2.64. The molecular formula is C18H30F3N3. The molecule has 0 atom stereocenters. The van der Waals surface area contributed by atoms with Gasteiger partial charge in [-0.2, -0.15) is 13.2 Å². The van der Waals surface area contributed by atoms with Gasteiger partial charge < -0.3 is 10.2 Å². The van der Waals surface area contributed by atoms with Gasteiger partial charge >= 0.3 is 6.18 Å². The van der Waals surface area contributed by atoms with E-state index in [0.717, 1.165) is 32.7 Å². The van der Waals surface area contributed by atoms with E-state index in [2.05, 4.69) is 22.2 Å². The van der Waals surface area contributed by atoms with Crippen LogP contribution in [0.25, 0.3) is 0 Å². The number of nitrogens with one attached hydrogen (secondary N) is 1. The molecule has 0 aliphatic carbocycles. The smallest absolute Gasteiger partial charge is 0.311 e. The number of piperazine rings is 1. The second kappa shape index (κ2) is 10.0. The summed E-state index contributed by atoms with van der Waals surface area (Å²) in [6.45, 7) is 11.7. The van der Waals surface area contributed by atoms with Crippen molar-refractivity contribution in [2.24, 2.45) is 0 Å². The summed E-state index contributed by atoms with van der Waals surface area (Å²) in [6.07, 6.45) is -4.29. The Balaban J connectivity index is 0.00000139. The highest BCUT2D eigenvalue weighted by molar-refractivity contribution is 5.33. The Morgan fingerprint density at radius 3 is 2.29 bits per heavy atom. The first-order chi connectivity index (χ1) is 11.4. The maximum atomic E-state index is 13.0. The van der Waals surface area contributed by atoms with Crippen LogP contribution in [0, 0.1) is 6.92 Å². The van der Waals surface area contributed by atoms with Gasteiger partial charge in [-0.1, -0.05) is 31.5 Å². The van der Waals surface area contributed by atoms with Crippen LogP contribution in [0.4, 0.5) is 13.2 Å². The molecule has 0 bridgehead atoms. The van der Waals surface area contributed by atoms with Gasteiger partial charge in [0.25, 0.3) is 0 Å². The van der Waals surface area contributed by atoms with E-state index in [1.54, 1.807) is 19.1 Å². The molecule has 1 fully saturated rings. The molecule has 1 aromatic rings.